The number of imide groups is 1. The Labute approximate surface area is 205 Å². The Morgan fingerprint density at radius 1 is 1.03 bits per heavy atom. The number of nitrogens with one attached hydrogen (secondary N) is 2. The molecule has 1 aliphatic heterocycles. The summed E-state index contributed by atoms with van der Waals surface area (Å²) in [5, 5.41) is 5.55. The molecule has 0 spiro atoms. The van der Waals surface area contributed by atoms with Gasteiger partial charge in [-0.25, -0.2) is 9.59 Å². The molecule has 1 fully saturated rings. The molecular formula is C24H34N4O7. The summed E-state index contributed by atoms with van der Waals surface area (Å²) in [7, 11) is 0. The third-order valence-electron chi connectivity index (χ3n) is 4.99. The van der Waals surface area contributed by atoms with Gasteiger partial charge in [0.25, 0.3) is 11.8 Å². The van der Waals surface area contributed by atoms with E-state index < -0.39 is 47.7 Å². The Hall–Kier alpha value is -3.63. The van der Waals surface area contributed by atoms with Crippen molar-refractivity contribution in [2.45, 2.75) is 78.1 Å². The predicted octanol–water partition coefficient (Wildman–Crippen LogP) is 2.50. The lowest BCUT2D eigenvalue weighted by molar-refractivity contribution is -0.172. The van der Waals surface area contributed by atoms with Crippen LogP contribution in [0.15, 0.2) is 30.3 Å². The number of benzene rings is 1. The van der Waals surface area contributed by atoms with Crippen LogP contribution in [0.2, 0.25) is 0 Å². The van der Waals surface area contributed by atoms with Crippen LogP contribution >= 0.6 is 0 Å². The van der Waals surface area contributed by atoms with Crippen LogP contribution in [0.3, 0.4) is 0 Å². The molecule has 2 unspecified atom stereocenters. The molecule has 5 amide bonds. The van der Waals surface area contributed by atoms with Gasteiger partial charge < -0.3 is 19.8 Å². The molecule has 0 radical (unpaired) electrons. The molecule has 0 aromatic heterocycles. The standard InChI is InChI=1S/C24H34N4O7/c1-6-14-27(16(2)25-23(33)35-28-19(29)12-13-20(28)30)21(31)18(15-17-10-8-7-9-11-17)26-22(32)34-24(3,4)5/h7-11,16,18H,6,12-15H2,1-5H3,(H,25,33)(H,26,32). The van der Waals surface area contributed by atoms with Crippen LogP contribution in [-0.2, 0) is 30.4 Å². The smallest absolute Gasteiger partial charge is 0.433 e. The maximum atomic E-state index is 13.6. The van der Waals surface area contributed by atoms with Crippen molar-refractivity contribution in [1.82, 2.24) is 20.6 Å². The van der Waals surface area contributed by atoms with Gasteiger partial charge in [0.1, 0.15) is 17.8 Å². The fraction of sp³-hybridized carbons (Fsp3) is 0.542. The van der Waals surface area contributed by atoms with E-state index in [-0.39, 0.29) is 25.8 Å². The zero-order valence-electron chi connectivity index (χ0n) is 20.8. The maximum absolute atomic E-state index is 13.6. The number of hydrogen-bond donors (Lipinski definition) is 2. The number of nitrogens with zero attached hydrogens (tertiary/aromatic N) is 2. The number of carbonyl (C=O) groups excluding carboxylic acids is 5. The van der Waals surface area contributed by atoms with Gasteiger partial charge in [-0.2, -0.15) is 0 Å². The summed E-state index contributed by atoms with van der Waals surface area (Å²) in [6.07, 6.45) is -1.93. The Morgan fingerprint density at radius 2 is 1.63 bits per heavy atom. The molecule has 2 atom stereocenters. The van der Waals surface area contributed by atoms with Crippen LogP contribution in [0, 0.1) is 0 Å². The molecule has 2 N–H and O–H groups in total. The molecule has 2 rings (SSSR count). The second-order valence-corrected chi connectivity index (χ2v) is 9.20. The minimum atomic E-state index is -1.05. The van der Waals surface area contributed by atoms with E-state index in [9.17, 15) is 24.0 Å². The van der Waals surface area contributed by atoms with Gasteiger partial charge in [-0.05, 0) is 39.7 Å². The lowest BCUT2D eigenvalue weighted by atomic mass is 10.0. The number of rotatable bonds is 9. The van der Waals surface area contributed by atoms with Crippen LogP contribution in [0.4, 0.5) is 9.59 Å². The van der Waals surface area contributed by atoms with E-state index in [1.54, 1.807) is 27.7 Å². The van der Waals surface area contributed by atoms with E-state index in [0.29, 0.717) is 11.5 Å². The first-order valence-electron chi connectivity index (χ1n) is 11.6. The number of hydrogen-bond acceptors (Lipinski definition) is 7. The zero-order chi connectivity index (χ0) is 26.2. The number of carbonyl (C=O) groups is 5. The fourth-order valence-corrected chi connectivity index (χ4v) is 3.45. The third-order valence-corrected chi connectivity index (χ3v) is 4.99. The maximum Gasteiger partial charge on any atom is 0.433 e. The molecule has 0 bridgehead atoms. The number of alkyl carbamates (subject to hydrolysis) is 1. The highest BCUT2D eigenvalue weighted by Gasteiger charge is 2.35. The van der Waals surface area contributed by atoms with Crippen molar-refractivity contribution in [3.05, 3.63) is 35.9 Å². The lowest BCUT2D eigenvalue weighted by Gasteiger charge is -2.33. The quantitative estimate of drug-likeness (QED) is 0.401. The van der Waals surface area contributed by atoms with Gasteiger partial charge in [-0.1, -0.05) is 37.3 Å². The molecule has 11 nitrogen and oxygen atoms in total. The second kappa shape index (κ2) is 12.2. The summed E-state index contributed by atoms with van der Waals surface area (Å²) in [5.74, 6) is -1.66. The topological polar surface area (TPSA) is 134 Å². The predicted molar refractivity (Wildman–Crippen MR) is 125 cm³/mol. The van der Waals surface area contributed by atoms with Crippen LogP contribution < -0.4 is 10.6 Å². The Morgan fingerprint density at radius 3 is 2.17 bits per heavy atom. The Kier molecular flexibility index (Phi) is 9.61. The number of amides is 5. The number of ether oxygens (including phenoxy) is 1. The summed E-state index contributed by atoms with van der Waals surface area (Å²) in [6, 6.07) is 8.21. The van der Waals surface area contributed by atoms with Crippen molar-refractivity contribution in [1.29, 1.82) is 0 Å². The first-order chi connectivity index (χ1) is 16.4. The monoisotopic (exact) mass is 490 g/mol. The van der Waals surface area contributed by atoms with E-state index >= 15 is 0 Å². The van der Waals surface area contributed by atoms with Crippen molar-refractivity contribution in [3.63, 3.8) is 0 Å². The average molecular weight is 491 g/mol. The van der Waals surface area contributed by atoms with E-state index in [1.807, 2.05) is 37.3 Å². The first-order valence-corrected chi connectivity index (χ1v) is 11.6. The Bertz CT molecular complexity index is 914. The fourth-order valence-electron chi connectivity index (χ4n) is 3.45. The van der Waals surface area contributed by atoms with Crippen LogP contribution in [0.1, 0.15) is 59.4 Å². The van der Waals surface area contributed by atoms with Crippen molar-refractivity contribution < 1.29 is 33.5 Å². The van der Waals surface area contributed by atoms with Crippen molar-refractivity contribution in [3.8, 4) is 0 Å². The van der Waals surface area contributed by atoms with Gasteiger partial charge >= 0.3 is 12.2 Å². The van der Waals surface area contributed by atoms with Gasteiger partial charge in [-0.15, -0.1) is 5.06 Å². The molecular weight excluding hydrogens is 456 g/mol. The van der Waals surface area contributed by atoms with E-state index in [1.165, 1.54) is 4.90 Å². The molecule has 1 aromatic rings. The molecule has 35 heavy (non-hydrogen) atoms. The van der Waals surface area contributed by atoms with Gasteiger partial charge in [0, 0.05) is 25.8 Å². The summed E-state index contributed by atoms with van der Waals surface area (Å²) in [6.45, 7) is 8.85. The second-order valence-electron chi connectivity index (χ2n) is 9.20. The molecule has 0 aliphatic carbocycles. The lowest BCUT2D eigenvalue weighted by Crippen LogP contribution is -2.57. The summed E-state index contributed by atoms with van der Waals surface area (Å²) >= 11 is 0. The molecule has 1 aromatic carbocycles. The van der Waals surface area contributed by atoms with Gasteiger partial charge in [0.15, 0.2) is 0 Å². The molecule has 11 heteroatoms. The summed E-state index contributed by atoms with van der Waals surface area (Å²) in [4.78, 5) is 68.0. The average Bonchev–Trinajstić information content (AvgIpc) is 3.07. The van der Waals surface area contributed by atoms with Crippen LogP contribution in [0.25, 0.3) is 0 Å². The molecule has 0 saturated carbocycles. The molecule has 1 aliphatic rings. The largest absolute Gasteiger partial charge is 0.444 e. The van der Waals surface area contributed by atoms with Crippen molar-refractivity contribution >= 4 is 29.9 Å². The first kappa shape index (κ1) is 27.6. The van der Waals surface area contributed by atoms with Gasteiger partial charge in [0.2, 0.25) is 5.91 Å². The van der Waals surface area contributed by atoms with Crippen molar-refractivity contribution in [2.75, 3.05) is 6.54 Å². The normalized spacial score (nSPS) is 15.3. The third kappa shape index (κ3) is 8.58. The van der Waals surface area contributed by atoms with E-state index in [2.05, 4.69) is 10.6 Å². The minimum Gasteiger partial charge on any atom is -0.444 e. The summed E-state index contributed by atoms with van der Waals surface area (Å²) < 4.78 is 5.34. The zero-order valence-corrected chi connectivity index (χ0v) is 20.8. The Balaban J connectivity index is 2.16. The van der Waals surface area contributed by atoms with E-state index in [4.69, 9.17) is 9.57 Å². The highest BCUT2D eigenvalue weighted by molar-refractivity contribution is 6.01. The van der Waals surface area contributed by atoms with Gasteiger partial charge in [-0.3, -0.25) is 19.7 Å². The van der Waals surface area contributed by atoms with Crippen molar-refractivity contribution in [2.24, 2.45) is 0 Å². The van der Waals surface area contributed by atoms with E-state index in [0.717, 1.165) is 5.56 Å². The van der Waals surface area contributed by atoms with Gasteiger partial charge in [0.05, 0.1) is 0 Å². The SMILES string of the molecule is CCCN(C(=O)C(Cc1ccccc1)NC(=O)OC(C)(C)C)C(C)NC(=O)ON1C(=O)CCC1=O. The summed E-state index contributed by atoms with van der Waals surface area (Å²) in [5.41, 5.74) is 0.0702. The number of hydroxylamine groups is 2. The minimum absolute atomic E-state index is 0.0282. The van der Waals surface area contributed by atoms with Crippen LogP contribution in [-0.4, -0.2) is 64.2 Å². The molecule has 192 valence electrons. The molecule has 1 heterocycles. The van der Waals surface area contributed by atoms with Crippen LogP contribution in [0.5, 0.6) is 0 Å². The highest BCUT2D eigenvalue weighted by atomic mass is 16.7. The molecule has 1 saturated heterocycles. The highest BCUT2D eigenvalue weighted by Crippen LogP contribution is 2.14.